The summed E-state index contributed by atoms with van der Waals surface area (Å²) < 4.78 is 10.5. The molecule has 0 bridgehead atoms. The van der Waals surface area contributed by atoms with E-state index in [0.717, 1.165) is 39.1 Å². The van der Waals surface area contributed by atoms with Gasteiger partial charge in [-0.3, -0.25) is 10.0 Å². The van der Waals surface area contributed by atoms with Crippen molar-refractivity contribution >= 4 is 11.4 Å². The Morgan fingerprint density at radius 2 is 1.11 bits per heavy atom. The van der Waals surface area contributed by atoms with Crippen molar-refractivity contribution in [2.75, 3.05) is 40.5 Å². The molecule has 0 N–H and O–H groups in total. The van der Waals surface area contributed by atoms with E-state index >= 15 is 0 Å². The van der Waals surface area contributed by atoms with Gasteiger partial charge in [-0.1, -0.05) is 13.8 Å². The van der Waals surface area contributed by atoms with Crippen molar-refractivity contribution in [3.8, 4) is 0 Å². The molecule has 7 heteroatoms. The first-order chi connectivity index (χ1) is 16.7. The van der Waals surface area contributed by atoms with Crippen LogP contribution in [0.5, 0.6) is 0 Å². The fraction of sp³-hybridized carbons (Fsp3) is 0.571. The van der Waals surface area contributed by atoms with Crippen molar-refractivity contribution in [2.45, 2.75) is 64.5 Å². The molecular formula is C28H42FeN4O2+2. The van der Waals surface area contributed by atoms with Gasteiger partial charge in [0.05, 0.1) is 25.3 Å². The first-order valence-electron chi connectivity index (χ1n) is 12.8. The van der Waals surface area contributed by atoms with Gasteiger partial charge >= 0.3 is 17.1 Å². The molecular weight excluding hydrogens is 480 g/mol. The average Bonchev–Trinajstić information content (AvgIpc) is 3.66. The van der Waals surface area contributed by atoms with Crippen molar-refractivity contribution in [1.29, 1.82) is 0 Å². The number of methoxy groups -OCH3 is 2. The number of hydrogen-bond donors (Lipinski definition) is 0. The minimum absolute atomic E-state index is 0. The summed E-state index contributed by atoms with van der Waals surface area (Å²) in [5, 5.41) is 14.0. The summed E-state index contributed by atoms with van der Waals surface area (Å²) in [5.74, 6) is 2.49. The number of nitrogens with zero attached hydrogens (tertiary/aromatic N) is 4. The summed E-state index contributed by atoms with van der Waals surface area (Å²) >= 11 is 0. The van der Waals surface area contributed by atoms with E-state index in [2.05, 4.69) is 75.2 Å². The maximum atomic E-state index is 5.25. The van der Waals surface area contributed by atoms with Crippen LogP contribution < -0.4 is 0 Å². The SMILES string of the molecule is CC/C(=N\N1CCC[C@H]1COC)[C]1[CH][CH][CH][CH]1.CC/C(=N\N1CCC[C@H]1COC)[C]1[CH][CH][CH][CH]1.[Fe+2]. The number of hydrazone groups is 2. The van der Waals surface area contributed by atoms with Gasteiger partial charge in [-0.15, -0.1) is 0 Å². The number of hydrogen-bond acceptors (Lipinski definition) is 6. The monoisotopic (exact) mass is 522 g/mol. The van der Waals surface area contributed by atoms with Crippen LogP contribution in [0.3, 0.4) is 0 Å². The molecule has 0 amide bonds. The second kappa shape index (κ2) is 17.0. The van der Waals surface area contributed by atoms with Gasteiger partial charge in [0.2, 0.25) is 0 Å². The Morgan fingerprint density at radius 1 is 0.743 bits per heavy atom. The summed E-state index contributed by atoms with van der Waals surface area (Å²) in [6.45, 7) is 7.99. The van der Waals surface area contributed by atoms with Crippen molar-refractivity contribution < 1.29 is 26.5 Å². The van der Waals surface area contributed by atoms with E-state index in [-0.39, 0.29) is 17.1 Å². The molecule has 2 saturated heterocycles. The van der Waals surface area contributed by atoms with Gasteiger partial charge in [0, 0.05) is 50.6 Å². The molecule has 2 saturated carbocycles. The Morgan fingerprint density at radius 3 is 1.43 bits per heavy atom. The van der Waals surface area contributed by atoms with Crippen LogP contribution in [0.4, 0.5) is 0 Å². The van der Waals surface area contributed by atoms with Crippen molar-refractivity contribution in [2.24, 2.45) is 10.2 Å². The van der Waals surface area contributed by atoms with Crippen LogP contribution in [-0.4, -0.2) is 74.0 Å². The molecule has 192 valence electrons. The summed E-state index contributed by atoms with van der Waals surface area (Å²) in [6.07, 6.45) is 23.5. The summed E-state index contributed by atoms with van der Waals surface area (Å²) in [7, 11) is 3.52. The van der Waals surface area contributed by atoms with E-state index < -0.39 is 0 Å². The molecule has 6 nitrogen and oxygen atoms in total. The summed E-state index contributed by atoms with van der Waals surface area (Å²) in [4.78, 5) is 0. The van der Waals surface area contributed by atoms with Crippen LogP contribution in [0.1, 0.15) is 52.4 Å². The second-order valence-electron chi connectivity index (χ2n) is 8.98. The molecule has 0 aromatic heterocycles. The Hall–Kier alpha value is -0.621. The molecule has 10 radical (unpaired) electrons. The first kappa shape index (κ1) is 30.6. The molecule has 0 aromatic carbocycles. The Kier molecular flexibility index (Phi) is 14.9. The largest absolute Gasteiger partial charge is 2.00 e. The molecule has 4 rings (SSSR count). The van der Waals surface area contributed by atoms with E-state index in [1.165, 1.54) is 48.9 Å². The second-order valence-corrected chi connectivity index (χ2v) is 8.98. The zero-order valence-electron chi connectivity index (χ0n) is 21.8. The quantitative estimate of drug-likeness (QED) is 0.313. The third kappa shape index (κ3) is 9.32. The van der Waals surface area contributed by atoms with Gasteiger partial charge in [-0.25, -0.2) is 0 Å². The van der Waals surface area contributed by atoms with E-state index in [0.29, 0.717) is 12.1 Å². The van der Waals surface area contributed by atoms with E-state index in [1.54, 1.807) is 14.2 Å². The van der Waals surface area contributed by atoms with Crippen LogP contribution in [0.2, 0.25) is 0 Å². The van der Waals surface area contributed by atoms with E-state index in [9.17, 15) is 0 Å². The molecule has 0 aromatic rings. The maximum Gasteiger partial charge on any atom is 2.00 e. The van der Waals surface area contributed by atoms with E-state index in [4.69, 9.17) is 19.7 Å². The van der Waals surface area contributed by atoms with Gasteiger partial charge in [0.15, 0.2) is 0 Å². The van der Waals surface area contributed by atoms with Gasteiger partial charge in [-0.05, 0) is 89.9 Å². The van der Waals surface area contributed by atoms with E-state index in [1.807, 2.05) is 0 Å². The minimum Gasteiger partial charge on any atom is -0.382 e. The van der Waals surface area contributed by atoms with Crippen LogP contribution >= 0.6 is 0 Å². The minimum atomic E-state index is 0. The number of ether oxygens (including phenoxy) is 2. The van der Waals surface area contributed by atoms with Crippen molar-refractivity contribution in [1.82, 2.24) is 10.0 Å². The predicted molar refractivity (Wildman–Crippen MR) is 140 cm³/mol. The average molecular weight is 523 g/mol. The standard InChI is InChI=1S/2C14H21N2O.Fe/c2*1-3-14(12-7-4-5-8-12)15-16-10-6-9-13(16)11-17-2;/h2*4-5,7-8,13H,3,6,9-11H2,1-2H3;/q;;+2/b2*15-14+;/t2*13-;/m00./s1. The molecule has 35 heavy (non-hydrogen) atoms. The molecule has 4 aliphatic rings. The Bertz CT molecular complexity index is 578. The predicted octanol–water partition coefficient (Wildman–Crippen LogP) is 4.53. The van der Waals surface area contributed by atoms with Crippen molar-refractivity contribution in [3.63, 3.8) is 0 Å². The topological polar surface area (TPSA) is 49.7 Å². The number of rotatable bonds is 10. The van der Waals surface area contributed by atoms with Gasteiger partial charge < -0.3 is 9.47 Å². The van der Waals surface area contributed by atoms with Crippen LogP contribution in [0.25, 0.3) is 0 Å². The smallest absolute Gasteiger partial charge is 0.382 e. The van der Waals surface area contributed by atoms with Crippen molar-refractivity contribution in [3.05, 3.63) is 63.2 Å². The molecule has 2 atom stereocenters. The fourth-order valence-electron chi connectivity index (χ4n) is 4.74. The Balaban J connectivity index is 0.000000240. The molecule has 4 fully saturated rings. The normalized spacial score (nSPS) is 26.3. The Labute approximate surface area is 226 Å². The van der Waals surface area contributed by atoms with Crippen LogP contribution in [-0.2, 0) is 26.5 Å². The van der Waals surface area contributed by atoms with Gasteiger partial charge in [0.1, 0.15) is 0 Å². The third-order valence-electron chi connectivity index (χ3n) is 6.57. The fourth-order valence-corrected chi connectivity index (χ4v) is 4.74. The van der Waals surface area contributed by atoms with Crippen LogP contribution in [0, 0.1) is 63.2 Å². The van der Waals surface area contributed by atoms with Crippen LogP contribution in [0.15, 0.2) is 10.2 Å². The molecule has 2 aliphatic carbocycles. The zero-order chi connectivity index (χ0) is 24.2. The summed E-state index contributed by atoms with van der Waals surface area (Å²) in [5.41, 5.74) is 2.36. The third-order valence-corrected chi connectivity index (χ3v) is 6.57. The van der Waals surface area contributed by atoms with Gasteiger partial charge in [-0.2, -0.15) is 10.2 Å². The molecule has 0 unspecified atom stereocenters. The zero-order valence-corrected chi connectivity index (χ0v) is 22.9. The molecule has 2 aliphatic heterocycles. The molecule has 2 heterocycles. The van der Waals surface area contributed by atoms with Gasteiger partial charge in [0.25, 0.3) is 0 Å². The summed E-state index contributed by atoms with van der Waals surface area (Å²) in [6, 6.07) is 0.910. The molecule has 0 spiro atoms. The first-order valence-corrected chi connectivity index (χ1v) is 12.8. The maximum absolute atomic E-state index is 5.25.